The van der Waals surface area contributed by atoms with Crippen LogP contribution in [-0.2, 0) is 18.4 Å². The Hall–Kier alpha value is -4.80. The lowest BCUT2D eigenvalue weighted by Gasteiger charge is -2.25. The second-order valence-electron chi connectivity index (χ2n) is 8.43. The third-order valence-corrected chi connectivity index (χ3v) is 6.05. The number of carbonyl (C=O) groups excluding carboxylic acids is 2. The lowest BCUT2D eigenvalue weighted by Crippen LogP contribution is -2.39. The minimum Gasteiger partial charge on any atom is -0.321 e. The second-order valence-corrected chi connectivity index (χ2v) is 8.43. The van der Waals surface area contributed by atoms with Gasteiger partial charge in [0.25, 0.3) is 11.5 Å². The monoisotopic (exact) mass is 487 g/mol. The third kappa shape index (κ3) is 4.22. The lowest BCUT2D eigenvalue weighted by molar-refractivity contribution is -0.120. The minimum atomic E-state index is -1.01. The van der Waals surface area contributed by atoms with Crippen LogP contribution in [0.3, 0.4) is 0 Å². The number of halogens is 1. The number of rotatable bonds is 4. The van der Waals surface area contributed by atoms with E-state index in [-0.39, 0.29) is 17.9 Å². The molecule has 3 heterocycles. The Morgan fingerprint density at radius 1 is 1.08 bits per heavy atom. The van der Waals surface area contributed by atoms with Crippen molar-refractivity contribution in [3.8, 4) is 5.69 Å². The van der Waals surface area contributed by atoms with E-state index in [0.717, 1.165) is 17.8 Å². The Morgan fingerprint density at radius 3 is 2.58 bits per heavy atom. The van der Waals surface area contributed by atoms with E-state index in [4.69, 9.17) is 0 Å². The maximum Gasteiger partial charge on any atom is 0.323 e. The smallest absolute Gasteiger partial charge is 0.321 e. The summed E-state index contributed by atoms with van der Waals surface area (Å²) in [6, 6.07) is 9.82. The standard InChI is InChI=1S/C25H22FN7O3/c1-15-3-5-16(6-4-15)29-25(36)33-14-21-18(12-28-31(21)2)23(33)24(35)30-20-8-7-17(11-19(20)26)32-10-9-27-13-22(32)34/h3-13,23H,14H2,1-2H3,(H,29,36)(H,30,35)/t23-/m1/s1. The molecule has 2 aromatic heterocycles. The van der Waals surface area contributed by atoms with Gasteiger partial charge in [0.15, 0.2) is 0 Å². The van der Waals surface area contributed by atoms with E-state index >= 15 is 0 Å². The molecule has 2 aromatic carbocycles. The van der Waals surface area contributed by atoms with E-state index in [0.29, 0.717) is 16.9 Å². The first-order chi connectivity index (χ1) is 17.3. The third-order valence-electron chi connectivity index (χ3n) is 6.05. The maximum atomic E-state index is 14.9. The fourth-order valence-corrected chi connectivity index (χ4v) is 4.14. The SMILES string of the molecule is Cc1ccc(NC(=O)N2Cc3c(cnn3C)[C@@H]2C(=O)Nc2ccc(-n3ccncc3=O)cc2F)cc1. The Kier molecular flexibility index (Phi) is 5.80. The molecule has 2 N–H and O–H groups in total. The van der Waals surface area contributed by atoms with Gasteiger partial charge in [-0.3, -0.25) is 23.8 Å². The summed E-state index contributed by atoms with van der Waals surface area (Å²) in [7, 11) is 1.73. The molecular formula is C25H22FN7O3. The number of hydrogen-bond donors (Lipinski definition) is 2. The fraction of sp³-hybridized carbons (Fsp3) is 0.160. The van der Waals surface area contributed by atoms with Crippen molar-refractivity contribution in [2.24, 2.45) is 7.05 Å². The van der Waals surface area contributed by atoms with Crippen molar-refractivity contribution in [1.29, 1.82) is 0 Å². The predicted molar refractivity (Wildman–Crippen MR) is 130 cm³/mol. The number of benzene rings is 2. The van der Waals surface area contributed by atoms with Gasteiger partial charge in [-0.15, -0.1) is 0 Å². The van der Waals surface area contributed by atoms with Crippen molar-refractivity contribution < 1.29 is 14.0 Å². The van der Waals surface area contributed by atoms with Crippen molar-refractivity contribution in [2.75, 3.05) is 10.6 Å². The molecule has 11 heteroatoms. The number of fused-ring (bicyclic) bond motifs is 1. The van der Waals surface area contributed by atoms with Crippen molar-refractivity contribution in [3.63, 3.8) is 0 Å². The molecule has 36 heavy (non-hydrogen) atoms. The van der Waals surface area contributed by atoms with Crippen LogP contribution >= 0.6 is 0 Å². The average Bonchev–Trinajstić information content (AvgIpc) is 3.42. The molecule has 0 bridgehead atoms. The molecule has 0 saturated carbocycles. The number of aryl methyl sites for hydroxylation is 2. The van der Waals surface area contributed by atoms with E-state index in [2.05, 4.69) is 20.7 Å². The van der Waals surface area contributed by atoms with E-state index in [1.807, 2.05) is 19.1 Å². The number of anilines is 2. The Morgan fingerprint density at radius 2 is 1.86 bits per heavy atom. The van der Waals surface area contributed by atoms with Crippen molar-refractivity contribution in [2.45, 2.75) is 19.5 Å². The molecule has 3 amide bonds. The molecule has 0 radical (unpaired) electrons. The minimum absolute atomic E-state index is 0.0814. The highest BCUT2D eigenvalue weighted by Crippen LogP contribution is 2.35. The van der Waals surface area contributed by atoms with Crippen LogP contribution in [0.2, 0.25) is 0 Å². The van der Waals surface area contributed by atoms with Gasteiger partial charge in [0.2, 0.25) is 0 Å². The Balaban J connectivity index is 1.40. The van der Waals surface area contributed by atoms with Crippen LogP contribution < -0.4 is 16.2 Å². The highest BCUT2D eigenvalue weighted by molar-refractivity contribution is 6.00. The average molecular weight is 487 g/mol. The Labute approximate surface area is 205 Å². The first-order valence-electron chi connectivity index (χ1n) is 11.1. The van der Waals surface area contributed by atoms with Crippen LogP contribution in [-0.4, -0.2) is 36.2 Å². The van der Waals surface area contributed by atoms with Gasteiger partial charge in [-0.2, -0.15) is 5.10 Å². The maximum absolute atomic E-state index is 14.9. The van der Waals surface area contributed by atoms with E-state index < -0.39 is 29.4 Å². The zero-order valence-corrected chi connectivity index (χ0v) is 19.5. The number of urea groups is 1. The lowest BCUT2D eigenvalue weighted by atomic mass is 10.1. The van der Waals surface area contributed by atoms with Gasteiger partial charge in [-0.1, -0.05) is 17.7 Å². The molecule has 5 rings (SSSR count). The largest absolute Gasteiger partial charge is 0.323 e. The van der Waals surface area contributed by atoms with Crippen LogP contribution in [0.1, 0.15) is 22.9 Å². The van der Waals surface area contributed by atoms with Gasteiger partial charge in [0.1, 0.15) is 11.9 Å². The highest BCUT2D eigenvalue weighted by Gasteiger charge is 2.41. The summed E-state index contributed by atoms with van der Waals surface area (Å²) >= 11 is 0. The molecule has 0 spiro atoms. The van der Waals surface area contributed by atoms with E-state index in [1.165, 1.54) is 40.2 Å². The van der Waals surface area contributed by atoms with Gasteiger partial charge < -0.3 is 15.5 Å². The number of hydrogen-bond acceptors (Lipinski definition) is 5. The molecule has 10 nitrogen and oxygen atoms in total. The van der Waals surface area contributed by atoms with Crippen molar-refractivity contribution in [1.82, 2.24) is 24.2 Å². The predicted octanol–water partition coefficient (Wildman–Crippen LogP) is 3.14. The molecule has 0 unspecified atom stereocenters. The second kappa shape index (κ2) is 9.10. The summed E-state index contributed by atoms with van der Waals surface area (Å²) < 4.78 is 17.8. The van der Waals surface area contributed by atoms with E-state index in [9.17, 15) is 18.8 Å². The summed E-state index contributed by atoms with van der Waals surface area (Å²) in [5.74, 6) is -1.32. The molecule has 0 saturated heterocycles. The molecule has 182 valence electrons. The highest BCUT2D eigenvalue weighted by atomic mass is 19.1. The van der Waals surface area contributed by atoms with Crippen LogP contribution in [0, 0.1) is 12.7 Å². The summed E-state index contributed by atoms with van der Waals surface area (Å²) in [4.78, 5) is 43.6. The van der Waals surface area contributed by atoms with Crippen LogP contribution in [0.15, 0.2) is 72.0 Å². The van der Waals surface area contributed by atoms with Crippen LogP contribution in [0.4, 0.5) is 20.6 Å². The van der Waals surface area contributed by atoms with Gasteiger partial charge in [0.05, 0.1) is 36.0 Å². The molecule has 4 aromatic rings. The number of carbonyl (C=O) groups is 2. The number of amides is 3. The number of aromatic nitrogens is 4. The van der Waals surface area contributed by atoms with Gasteiger partial charge in [-0.05, 0) is 31.2 Å². The summed E-state index contributed by atoms with van der Waals surface area (Å²) in [6.07, 6.45) is 5.49. The molecule has 0 aliphatic carbocycles. The molecule has 1 aliphatic heterocycles. The van der Waals surface area contributed by atoms with Crippen LogP contribution in [0.5, 0.6) is 0 Å². The summed E-state index contributed by atoms with van der Waals surface area (Å²) in [5, 5.41) is 9.59. The van der Waals surface area contributed by atoms with E-state index in [1.54, 1.807) is 23.9 Å². The van der Waals surface area contributed by atoms with Gasteiger partial charge >= 0.3 is 6.03 Å². The molecular weight excluding hydrogens is 465 g/mol. The fourth-order valence-electron chi connectivity index (χ4n) is 4.14. The number of nitrogens with zero attached hydrogens (tertiary/aromatic N) is 5. The normalized spacial score (nSPS) is 14.4. The van der Waals surface area contributed by atoms with Crippen molar-refractivity contribution >= 4 is 23.3 Å². The quantitative estimate of drug-likeness (QED) is 0.459. The van der Waals surface area contributed by atoms with Gasteiger partial charge in [-0.25, -0.2) is 9.18 Å². The van der Waals surface area contributed by atoms with Crippen LogP contribution in [0.25, 0.3) is 5.69 Å². The topological polar surface area (TPSA) is 114 Å². The zero-order valence-electron chi connectivity index (χ0n) is 19.5. The Bertz CT molecular complexity index is 1530. The molecule has 0 fully saturated rings. The van der Waals surface area contributed by atoms with Gasteiger partial charge in [0, 0.05) is 36.8 Å². The first kappa shape index (κ1) is 23.0. The zero-order chi connectivity index (χ0) is 25.4. The van der Waals surface area contributed by atoms with Crippen molar-refractivity contribution in [3.05, 3.63) is 100 Å². The molecule has 1 aliphatic rings. The molecule has 1 atom stereocenters. The summed E-state index contributed by atoms with van der Waals surface area (Å²) in [6.45, 7) is 2.10. The first-order valence-corrected chi connectivity index (χ1v) is 11.1. The summed E-state index contributed by atoms with van der Waals surface area (Å²) in [5.41, 5.74) is 2.70. The number of nitrogens with one attached hydrogen (secondary N) is 2.